The molecule has 0 saturated heterocycles. The molecule has 2 aromatic rings. The monoisotopic (exact) mass is 492 g/mol. The Hall–Kier alpha value is -3.53. The van der Waals surface area contributed by atoms with Gasteiger partial charge in [0.05, 0.1) is 13.2 Å². The van der Waals surface area contributed by atoms with Crippen molar-refractivity contribution in [2.45, 2.75) is 25.4 Å². The van der Waals surface area contributed by atoms with E-state index in [9.17, 15) is 22.8 Å². The number of halogens is 3. The lowest BCUT2D eigenvalue weighted by Gasteiger charge is -2.12. The van der Waals surface area contributed by atoms with E-state index < -0.39 is 24.6 Å². The molecule has 1 aliphatic carbocycles. The summed E-state index contributed by atoms with van der Waals surface area (Å²) in [6, 6.07) is 12.1. The van der Waals surface area contributed by atoms with Crippen molar-refractivity contribution in [2.75, 3.05) is 26.4 Å². The van der Waals surface area contributed by atoms with E-state index >= 15 is 0 Å². The molecule has 1 aliphatic rings. The second-order valence-corrected chi connectivity index (χ2v) is 8.07. The van der Waals surface area contributed by atoms with Gasteiger partial charge in [-0.2, -0.15) is 13.2 Å². The van der Waals surface area contributed by atoms with E-state index in [0.717, 1.165) is 12.3 Å². The molecule has 0 aromatic heterocycles. The molecule has 0 bridgehead atoms. The van der Waals surface area contributed by atoms with E-state index in [1.807, 2.05) is 0 Å². The van der Waals surface area contributed by atoms with Gasteiger partial charge in [-0.15, -0.1) is 0 Å². The predicted molar refractivity (Wildman–Crippen MR) is 123 cm³/mol. The number of hydrogen-bond acceptors (Lipinski definition) is 5. The second-order valence-electron chi connectivity index (χ2n) is 8.07. The van der Waals surface area contributed by atoms with Crippen LogP contribution in [0, 0.1) is 5.92 Å². The number of alkyl halides is 3. The first-order chi connectivity index (χ1) is 16.7. The van der Waals surface area contributed by atoms with Gasteiger partial charge >= 0.3 is 6.18 Å². The average Bonchev–Trinajstić information content (AvgIpc) is 3.66. The molecule has 1 saturated carbocycles. The predicted octanol–water partition coefficient (Wildman–Crippen LogP) is 3.69. The van der Waals surface area contributed by atoms with E-state index in [2.05, 4.69) is 15.4 Å². The molecule has 0 radical (unpaired) electrons. The zero-order valence-corrected chi connectivity index (χ0v) is 18.9. The third-order valence-electron chi connectivity index (χ3n) is 5.09. The summed E-state index contributed by atoms with van der Waals surface area (Å²) in [6.07, 6.45) is 0.421. The Morgan fingerprint density at radius 3 is 2.23 bits per heavy atom. The van der Waals surface area contributed by atoms with Gasteiger partial charge in [0.25, 0.3) is 11.8 Å². The third kappa shape index (κ3) is 9.32. The Labute approximate surface area is 200 Å². The number of aliphatic hydroxyl groups is 1. The highest BCUT2D eigenvalue weighted by Crippen LogP contribution is 2.32. The van der Waals surface area contributed by atoms with E-state index in [4.69, 9.17) is 9.84 Å². The molecular formula is C25H27F3N2O5. The highest BCUT2D eigenvalue weighted by Gasteiger charge is 2.28. The number of carbonyl (C=O) groups is 2. The largest absolute Gasteiger partial charge is 0.494 e. The van der Waals surface area contributed by atoms with Crippen molar-refractivity contribution in [3.63, 3.8) is 0 Å². The molecule has 7 nitrogen and oxygen atoms in total. The number of carbonyl (C=O) groups excluding carboxylic acids is 2. The van der Waals surface area contributed by atoms with Crippen LogP contribution in [0.25, 0.3) is 6.08 Å². The summed E-state index contributed by atoms with van der Waals surface area (Å²) in [4.78, 5) is 25.2. The molecule has 2 aromatic carbocycles. The van der Waals surface area contributed by atoms with Crippen molar-refractivity contribution in [3.05, 3.63) is 65.4 Å². The Balaban J connectivity index is 1.66. The summed E-state index contributed by atoms with van der Waals surface area (Å²) in [6.45, 7) is -1.12. The molecule has 188 valence electrons. The molecular weight excluding hydrogens is 465 g/mol. The number of ether oxygens (including phenoxy) is 2. The molecule has 0 atom stereocenters. The summed E-state index contributed by atoms with van der Waals surface area (Å²) in [7, 11) is 0. The Kier molecular flexibility index (Phi) is 9.13. The molecule has 3 rings (SSSR count). The number of benzene rings is 2. The average molecular weight is 492 g/mol. The topological polar surface area (TPSA) is 96.9 Å². The normalized spacial score (nSPS) is 13.8. The first-order valence-electron chi connectivity index (χ1n) is 11.2. The molecule has 35 heavy (non-hydrogen) atoms. The van der Waals surface area contributed by atoms with Gasteiger partial charge in [-0.1, -0.05) is 25.0 Å². The maximum atomic E-state index is 12.7. The summed E-state index contributed by atoms with van der Waals surface area (Å²) >= 11 is 0. The van der Waals surface area contributed by atoms with Crippen LogP contribution in [0.3, 0.4) is 0 Å². The Morgan fingerprint density at radius 1 is 1.00 bits per heavy atom. The summed E-state index contributed by atoms with van der Waals surface area (Å²) < 4.78 is 47.3. The van der Waals surface area contributed by atoms with Gasteiger partial charge in [0.1, 0.15) is 17.2 Å². The van der Waals surface area contributed by atoms with Crippen LogP contribution in [0.15, 0.2) is 54.2 Å². The number of rotatable bonds is 12. The highest BCUT2D eigenvalue weighted by atomic mass is 19.4. The van der Waals surface area contributed by atoms with E-state index in [0.29, 0.717) is 23.5 Å². The van der Waals surface area contributed by atoms with Crippen molar-refractivity contribution in [1.29, 1.82) is 0 Å². The van der Waals surface area contributed by atoms with Crippen molar-refractivity contribution < 1.29 is 37.3 Å². The van der Waals surface area contributed by atoms with Crippen LogP contribution in [-0.4, -0.2) is 49.5 Å². The fourth-order valence-corrected chi connectivity index (χ4v) is 3.06. The van der Waals surface area contributed by atoms with Gasteiger partial charge in [-0.3, -0.25) is 9.59 Å². The molecule has 2 amide bonds. The smallest absolute Gasteiger partial charge is 0.422 e. The summed E-state index contributed by atoms with van der Waals surface area (Å²) in [5.41, 5.74) is 0.645. The number of amides is 2. The van der Waals surface area contributed by atoms with Crippen LogP contribution in [0.5, 0.6) is 11.5 Å². The van der Waals surface area contributed by atoms with Gasteiger partial charge < -0.3 is 25.2 Å². The minimum Gasteiger partial charge on any atom is -0.494 e. The molecule has 0 spiro atoms. The van der Waals surface area contributed by atoms with Gasteiger partial charge in [-0.25, -0.2) is 0 Å². The maximum absolute atomic E-state index is 12.7. The SMILES string of the molecule is O=C(NCCO)/C(=C/c1ccc(OCC(F)(F)F)cc1)NC(=O)c1ccc(OCCC2CC2)cc1. The number of nitrogens with one attached hydrogen (secondary N) is 2. The van der Waals surface area contributed by atoms with Crippen LogP contribution in [0.1, 0.15) is 35.2 Å². The van der Waals surface area contributed by atoms with Crippen LogP contribution >= 0.6 is 0 Å². The third-order valence-corrected chi connectivity index (χ3v) is 5.09. The van der Waals surface area contributed by atoms with Crippen molar-refractivity contribution in [1.82, 2.24) is 10.6 Å². The van der Waals surface area contributed by atoms with Crippen LogP contribution in [-0.2, 0) is 4.79 Å². The maximum Gasteiger partial charge on any atom is 0.422 e. The quantitative estimate of drug-likeness (QED) is 0.393. The second kappa shape index (κ2) is 12.3. The van der Waals surface area contributed by atoms with Gasteiger partial charge in [0.2, 0.25) is 0 Å². The number of hydrogen-bond donors (Lipinski definition) is 3. The van der Waals surface area contributed by atoms with Crippen molar-refractivity contribution in [2.24, 2.45) is 5.92 Å². The van der Waals surface area contributed by atoms with Gasteiger partial charge in [0.15, 0.2) is 6.61 Å². The summed E-state index contributed by atoms with van der Waals surface area (Å²) in [5.74, 6) is 0.237. The van der Waals surface area contributed by atoms with E-state index in [1.54, 1.807) is 24.3 Å². The molecule has 0 aliphatic heterocycles. The molecule has 1 fully saturated rings. The van der Waals surface area contributed by atoms with Crippen LogP contribution in [0.4, 0.5) is 13.2 Å². The summed E-state index contributed by atoms with van der Waals surface area (Å²) in [5, 5.41) is 14.0. The molecule has 3 N–H and O–H groups in total. The lowest BCUT2D eigenvalue weighted by atomic mass is 10.1. The zero-order valence-electron chi connectivity index (χ0n) is 18.9. The Morgan fingerprint density at radius 2 is 1.63 bits per heavy atom. The Bertz CT molecular complexity index is 1020. The number of aliphatic hydroxyl groups excluding tert-OH is 1. The zero-order chi connectivity index (χ0) is 25.3. The van der Waals surface area contributed by atoms with Gasteiger partial charge in [0, 0.05) is 12.1 Å². The standard InChI is InChI=1S/C25H27F3N2O5/c26-25(27,28)16-35-21-7-3-18(4-8-21)15-22(24(33)29-12-13-31)30-23(32)19-5-9-20(10-6-19)34-14-11-17-1-2-17/h3-10,15,17,31H,1-2,11-14,16H2,(H,29,33)(H,30,32)/b22-15-. The van der Waals surface area contributed by atoms with Crippen LogP contribution < -0.4 is 20.1 Å². The van der Waals surface area contributed by atoms with Crippen LogP contribution in [0.2, 0.25) is 0 Å². The molecule has 10 heteroatoms. The van der Waals surface area contributed by atoms with Gasteiger partial charge in [-0.05, 0) is 60.4 Å². The fraction of sp³-hybridized carbons (Fsp3) is 0.360. The lowest BCUT2D eigenvalue weighted by Crippen LogP contribution is -2.36. The first kappa shape index (κ1) is 26.1. The van der Waals surface area contributed by atoms with Crippen molar-refractivity contribution in [3.8, 4) is 11.5 Å². The minimum absolute atomic E-state index is 0.00855. The lowest BCUT2D eigenvalue weighted by molar-refractivity contribution is -0.153. The van der Waals surface area contributed by atoms with E-state index in [1.165, 1.54) is 43.2 Å². The first-order valence-corrected chi connectivity index (χ1v) is 11.2. The molecule has 0 unspecified atom stereocenters. The molecule has 0 heterocycles. The van der Waals surface area contributed by atoms with Crippen molar-refractivity contribution >= 4 is 17.9 Å². The fourth-order valence-electron chi connectivity index (χ4n) is 3.06. The highest BCUT2D eigenvalue weighted by molar-refractivity contribution is 6.05. The minimum atomic E-state index is -4.46. The van der Waals surface area contributed by atoms with E-state index in [-0.39, 0.29) is 24.6 Å².